The lowest BCUT2D eigenvalue weighted by Gasteiger charge is -2.29. The van der Waals surface area contributed by atoms with E-state index in [4.69, 9.17) is 0 Å². The molecule has 3 saturated heterocycles. The second-order valence-corrected chi connectivity index (χ2v) is 6.37. The molecular weight excluding hydrogens is 204 g/mol. The van der Waals surface area contributed by atoms with Crippen LogP contribution in [0.5, 0.6) is 0 Å². The van der Waals surface area contributed by atoms with Crippen LogP contribution in [0.15, 0.2) is 0 Å². The molecule has 3 rings (SSSR count). The minimum absolute atomic E-state index is 0.814. The summed E-state index contributed by atoms with van der Waals surface area (Å²) >= 11 is 2.14. The summed E-state index contributed by atoms with van der Waals surface area (Å²) < 4.78 is 0. The molecule has 3 fully saturated rings. The van der Waals surface area contributed by atoms with Crippen molar-refractivity contribution >= 4 is 11.8 Å². The molecule has 86 valence electrons. The standard InChI is InChI=1S/C12H22N2S/c1-4-12-11(5-7-14(12)6-1)13-10-3-2-8-15-9-10/h10-13H,1-9H2. The van der Waals surface area contributed by atoms with Crippen molar-refractivity contribution in [3.05, 3.63) is 0 Å². The Labute approximate surface area is 97.2 Å². The Kier molecular flexibility index (Phi) is 3.23. The number of nitrogens with one attached hydrogen (secondary N) is 1. The van der Waals surface area contributed by atoms with Crippen molar-refractivity contribution in [1.29, 1.82) is 0 Å². The number of nitrogens with zero attached hydrogens (tertiary/aromatic N) is 1. The van der Waals surface area contributed by atoms with Crippen LogP contribution in [0.2, 0.25) is 0 Å². The average Bonchev–Trinajstić information content (AvgIpc) is 2.85. The van der Waals surface area contributed by atoms with E-state index in [1.165, 1.54) is 56.7 Å². The van der Waals surface area contributed by atoms with E-state index in [-0.39, 0.29) is 0 Å². The molecule has 0 aromatic rings. The minimum atomic E-state index is 0.814. The van der Waals surface area contributed by atoms with Gasteiger partial charge in [-0.05, 0) is 44.4 Å². The highest BCUT2D eigenvalue weighted by Crippen LogP contribution is 2.29. The summed E-state index contributed by atoms with van der Waals surface area (Å²) in [6, 6.07) is 2.52. The van der Waals surface area contributed by atoms with Gasteiger partial charge in [0.05, 0.1) is 0 Å². The lowest BCUT2D eigenvalue weighted by atomic mass is 10.0. The van der Waals surface area contributed by atoms with Gasteiger partial charge in [-0.2, -0.15) is 11.8 Å². The van der Waals surface area contributed by atoms with Crippen molar-refractivity contribution in [3.63, 3.8) is 0 Å². The topological polar surface area (TPSA) is 15.3 Å². The molecule has 3 unspecified atom stereocenters. The van der Waals surface area contributed by atoms with Gasteiger partial charge < -0.3 is 5.32 Å². The number of hydrogen-bond donors (Lipinski definition) is 1. The Hall–Kier alpha value is 0.270. The maximum absolute atomic E-state index is 3.93. The molecule has 15 heavy (non-hydrogen) atoms. The molecule has 3 heterocycles. The van der Waals surface area contributed by atoms with Crippen LogP contribution >= 0.6 is 11.8 Å². The van der Waals surface area contributed by atoms with Gasteiger partial charge in [0.25, 0.3) is 0 Å². The summed E-state index contributed by atoms with van der Waals surface area (Å²) in [4.78, 5) is 2.70. The third-order valence-electron chi connectivity index (χ3n) is 4.22. The summed E-state index contributed by atoms with van der Waals surface area (Å²) in [6.45, 7) is 2.71. The fourth-order valence-corrected chi connectivity index (χ4v) is 4.54. The van der Waals surface area contributed by atoms with Crippen molar-refractivity contribution in [1.82, 2.24) is 10.2 Å². The first-order valence-electron chi connectivity index (χ1n) is 6.51. The molecule has 0 aromatic carbocycles. The Morgan fingerprint density at radius 2 is 2.07 bits per heavy atom. The van der Waals surface area contributed by atoms with Crippen LogP contribution in [0.25, 0.3) is 0 Å². The minimum Gasteiger partial charge on any atom is -0.309 e. The van der Waals surface area contributed by atoms with Gasteiger partial charge in [0.1, 0.15) is 0 Å². The van der Waals surface area contributed by atoms with Crippen LogP contribution in [0.3, 0.4) is 0 Å². The SMILES string of the molecule is C1CSCC(NC2CCN3CCCC23)C1. The van der Waals surface area contributed by atoms with Gasteiger partial charge >= 0.3 is 0 Å². The maximum atomic E-state index is 3.93. The number of hydrogen-bond acceptors (Lipinski definition) is 3. The second-order valence-electron chi connectivity index (χ2n) is 5.22. The molecule has 0 spiro atoms. The molecule has 0 amide bonds. The largest absolute Gasteiger partial charge is 0.309 e. The Balaban J connectivity index is 1.54. The lowest BCUT2D eigenvalue weighted by molar-refractivity contribution is 0.288. The van der Waals surface area contributed by atoms with Gasteiger partial charge in [0.2, 0.25) is 0 Å². The number of thioether (sulfide) groups is 1. The molecular formula is C12H22N2S. The third-order valence-corrected chi connectivity index (χ3v) is 5.43. The smallest absolute Gasteiger partial charge is 0.0250 e. The van der Waals surface area contributed by atoms with Gasteiger partial charge in [-0.15, -0.1) is 0 Å². The van der Waals surface area contributed by atoms with Crippen molar-refractivity contribution < 1.29 is 0 Å². The Bertz CT molecular complexity index is 216. The lowest BCUT2D eigenvalue weighted by Crippen LogP contribution is -2.46. The van der Waals surface area contributed by atoms with Gasteiger partial charge in [0, 0.05) is 30.4 Å². The molecule has 3 heteroatoms. The van der Waals surface area contributed by atoms with Gasteiger partial charge in [-0.1, -0.05) is 0 Å². The van der Waals surface area contributed by atoms with Crippen LogP contribution in [-0.4, -0.2) is 47.6 Å². The molecule has 0 aromatic heterocycles. The quantitative estimate of drug-likeness (QED) is 0.772. The monoisotopic (exact) mass is 226 g/mol. The summed E-state index contributed by atoms with van der Waals surface area (Å²) in [6.07, 6.45) is 7.10. The molecule has 0 radical (unpaired) electrons. The molecule has 2 nitrogen and oxygen atoms in total. The Morgan fingerprint density at radius 3 is 2.93 bits per heavy atom. The second kappa shape index (κ2) is 4.64. The summed E-state index contributed by atoms with van der Waals surface area (Å²) in [5.74, 6) is 2.74. The van der Waals surface area contributed by atoms with Crippen LogP contribution in [-0.2, 0) is 0 Å². The van der Waals surface area contributed by atoms with E-state index in [1.54, 1.807) is 0 Å². The zero-order valence-electron chi connectivity index (χ0n) is 9.45. The summed E-state index contributed by atoms with van der Waals surface area (Å²) in [5, 5.41) is 3.93. The number of rotatable bonds is 2. The molecule has 3 aliphatic rings. The van der Waals surface area contributed by atoms with Crippen molar-refractivity contribution in [3.8, 4) is 0 Å². The molecule has 0 aliphatic carbocycles. The molecule has 0 bridgehead atoms. The van der Waals surface area contributed by atoms with Crippen molar-refractivity contribution in [2.45, 2.75) is 50.2 Å². The van der Waals surface area contributed by atoms with Crippen LogP contribution in [0.1, 0.15) is 32.1 Å². The van der Waals surface area contributed by atoms with E-state index >= 15 is 0 Å². The van der Waals surface area contributed by atoms with Crippen LogP contribution < -0.4 is 5.32 Å². The van der Waals surface area contributed by atoms with Crippen LogP contribution in [0, 0.1) is 0 Å². The van der Waals surface area contributed by atoms with Crippen molar-refractivity contribution in [2.24, 2.45) is 0 Å². The van der Waals surface area contributed by atoms with E-state index in [0.29, 0.717) is 0 Å². The molecule has 0 saturated carbocycles. The van der Waals surface area contributed by atoms with E-state index in [9.17, 15) is 0 Å². The number of fused-ring (bicyclic) bond motifs is 1. The fourth-order valence-electron chi connectivity index (χ4n) is 3.45. The first-order valence-corrected chi connectivity index (χ1v) is 7.67. The predicted molar refractivity (Wildman–Crippen MR) is 66.5 cm³/mol. The fraction of sp³-hybridized carbons (Fsp3) is 1.00. The molecule has 3 atom stereocenters. The van der Waals surface area contributed by atoms with Gasteiger partial charge in [-0.25, -0.2) is 0 Å². The van der Waals surface area contributed by atoms with Crippen molar-refractivity contribution in [2.75, 3.05) is 24.6 Å². The third kappa shape index (κ3) is 2.20. The van der Waals surface area contributed by atoms with Gasteiger partial charge in [0.15, 0.2) is 0 Å². The van der Waals surface area contributed by atoms with Gasteiger partial charge in [-0.3, -0.25) is 4.90 Å². The highest BCUT2D eigenvalue weighted by atomic mass is 32.2. The Morgan fingerprint density at radius 1 is 1.07 bits per heavy atom. The van der Waals surface area contributed by atoms with E-state index in [0.717, 1.165) is 18.1 Å². The summed E-state index contributed by atoms with van der Waals surface area (Å²) in [7, 11) is 0. The average molecular weight is 226 g/mol. The van der Waals surface area contributed by atoms with Crippen LogP contribution in [0.4, 0.5) is 0 Å². The highest BCUT2D eigenvalue weighted by Gasteiger charge is 2.37. The first kappa shape index (κ1) is 10.4. The zero-order chi connectivity index (χ0) is 10.1. The highest BCUT2D eigenvalue weighted by molar-refractivity contribution is 7.99. The predicted octanol–water partition coefficient (Wildman–Crippen LogP) is 1.71. The molecule has 3 aliphatic heterocycles. The maximum Gasteiger partial charge on any atom is 0.0250 e. The van der Waals surface area contributed by atoms with E-state index < -0.39 is 0 Å². The van der Waals surface area contributed by atoms with E-state index in [2.05, 4.69) is 22.0 Å². The normalized spacial score (nSPS) is 42.0. The summed E-state index contributed by atoms with van der Waals surface area (Å²) in [5.41, 5.74) is 0. The van der Waals surface area contributed by atoms with E-state index in [1.807, 2.05) is 0 Å². The first-order chi connectivity index (χ1) is 7.43. The zero-order valence-corrected chi connectivity index (χ0v) is 10.3. The molecule has 1 N–H and O–H groups in total.